The van der Waals surface area contributed by atoms with E-state index in [1.807, 2.05) is 34.6 Å². The molecule has 0 spiro atoms. The Balaban J connectivity index is 1.46. The number of fused-ring (bicyclic) bond motifs is 1. The molecule has 288 valence electrons. The van der Waals surface area contributed by atoms with Crippen LogP contribution < -0.4 is 21.3 Å². The number of nitrogens with zero attached hydrogens (tertiary/aromatic N) is 2. The Morgan fingerprint density at radius 2 is 1.58 bits per heavy atom. The molecule has 0 bridgehead atoms. The fourth-order valence-electron chi connectivity index (χ4n) is 7.16. The van der Waals surface area contributed by atoms with Crippen LogP contribution in [0.5, 0.6) is 0 Å². The molecule has 3 aliphatic rings. The lowest BCUT2D eigenvalue weighted by molar-refractivity contribution is -0.145. The topological polar surface area (TPSA) is 186 Å². The molecule has 1 heterocycles. The van der Waals surface area contributed by atoms with E-state index >= 15 is 0 Å². The second-order valence-electron chi connectivity index (χ2n) is 17.4. The first kappa shape index (κ1) is 40.6. The molecule has 1 aromatic rings. The second-order valence-corrected chi connectivity index (χ2v) is 17.4. The number of rotatable bonds is 13. The summed E-state index contributed by atoms with van der Waals surface area (Å²) in [5.41, 5.74) is -1.13. The van der Waals surface area contributed by atoms with Gasteiger partial charge < -0.3 is 40.9 Å². The molecule has 0 radical (unpaired) electrons. The normalized spacial score (nSPS) is 22.8. The van der Waals surface area contributed by atoms with Crippen molar-refractivity contribution in [1.82, 2.24) is 31.1 Å². The predicted molar refractivity (Wildman–Crippen MR) is 193 cm³/mol. The summed E-state index contributed by atoms with van der Waals surface area (Å²) in [6.45, 7) is 14.6. The number of piperidine rings is 1. The smallest absolute Gasteiger partial charge is 0.408 e. The maximum atomic E-state index is 14.2. The molecule has 4 rings (SSSR count). The summed E-state index contributed by atoms with van der Waals surface area (Å²) >= 11 is 0. The van der Waals surface area contributed by atoms with Crippen molar-refractivity contribution in [2.45, 2.75) is 111 Å². The number of ether oxygens (including phenoxy) is 1. The molecule has 4 unspecified atom stereocenters. The predicted octanol–water partition coefficient (Wildman–Crippen LogP) is 2.12. The largest absolute Gasteiger partial charge is 0.444 e. The van der Waals surface area contributed by atoms with Gasteiger partial charge in [0, 0.05) is 20.6 Å². The third-order valence-electron chi connectivity index (χ3n) is 10.3. The van der Waals surface area contributed by atoms with Gasteiger partial charge in [-0.05, 0) is 61.3 Å². The van der Waals surface area contributed by atoms with Gasteiger partial charge in [-0.25, -0.2) is 4.79 Å². The third kappa shape index (κ3) is 9.81. The fraction of sp³-hybridized carbons (Fsp3) is 0.684. The molecule has 2 aliphatic carbocycles. The summed E-state index contributed by atoms with van der Waals surface area (Å²) < 4.78 is 5.44. The van der Waals surface area contributed by atoms with Crippen LogP contribution in [0.3, 0.4) is 0 Å². The number of carbonyl (C=O) groups is 6. The molecule has 2 saturated carbocycles. The van der Waals surface area contributed by atoms with Gasteiger partial charge in [-0.3, -0.25) is 24.0 Å². The monoisotopic (exact) mass is 726 g/mol. The first-order chi connectivity index (χ1) is 24.0. The van der Waals surface area contributed by atoms with Gasteiger partial charge in [-0.15, -0.1) is 0 Å². The number of carbonyl (C=O) groups excluding carboxylic acids is 6. The number of hydrogen-bond donors (Lipinski definition) is 5. The Bertz CT molecular complexity index is 1510. The zero-order chi connectivity index (χ0) is 38.9. The molecule has 5 N–H and O–H groups in total. The Hall–Kier alpha value is -4.20. The molecular weight excluding hydrogens is 668 g/mol. The summed E-state index contributed by atoms with van der Waals surface area (Å²) in [4.78, 5) is 83.1. The van der Waals surface area contributed by atoms with Gasteiger partial charge in [0.25, 0.3) is 5.91 Å². The average Bonchev–Trinajstić information content (AvgIpc) is 3.90. The minimum atomic E-state index is -1.68. The van der Waals surface area contributed by atoms with E-state index in [1.165, 1.54) is 9.80 Å². The van der Waals surface area contributed by atoms with Crippen LogP contribution >= 0.6 is 0 Å². The highest BCUT2D eigenvalue weighted by Gasteiger charge is 2.70. The van der Waals surface area contributed by atoms with Gasteiger partial charge >= 0.3 is 6.09 Å². The number of likely N-dealkylation sites (tertiary alicyclic amines) is 1. The Morgan fingerprint density at radius 1 is 0.962 bits per heavy atom. The molecule has 1 aliphatic heterocycles. The van der Waals surface area contributed by atoms with Crippen molar-refractivity contribution in [3.63, 3.8) is 0 Å². The molecule has 14 heteroatoms. The first-order valence-corrected chi connectivity index (χ1v) is 18.1. The molecule has 1 aromatic carbocycles. The Kier molecular flexibility index (Phi) is 12.0. The van der Waals surface area contributed by atoms with Gasteiger partial charge in [-0.2, -0.15) is 0 Å². The van der Waals surface area contributed by atoms with Gasteiger partial charge in [0.05, 0.1) is 12.6 Å². The van der Waals surface area contributed by atoms with E-state index < -0.39 is 77.6 Å². The molecule has 3 fully saturated rings. The number of aliphatic hydroxyl groups excluding tert-OH is 1. The van der Waals surface area contributed by atoms with Crippen LogP contribution in [0.2, 0.25) is 0 Å². The standard InChI is InChI=1S/C38H58N6O8/c1-36(2,3)30(42-35(51)52-37(4,5)6)34(50)44-20-23-26(38(23,7)8)28(44)31(47)40-24(18-21-16-17-21)29(46)32(48)39-19-25(45)41-27(33(49)43(9)10)22-14-12-11-13-15-22/h11-15,21,23-24,26-30,46H,16-20H2,1-10H3,(H,39,48)(H,40,47)(H,41,45)(H,42,51)/t23-,24?,26?,27-,28-,29?,30?/m0/s1. The van der Waals surface area contributed by atoms with E-state index in [0.717, 1.165) is 12.8 Å². The Labute approximate surface area is 307 Å². The summed E-state index contributed by atoms with van der Waals surface area (Å²) in [5.74, 6) is -2.63. The molecule has 1 saturated heterocycles. The lowest BCUT2D eigenvalue weighted by Crippen LogP contribution is -2.61. The minimum absolute atomic E-state index is 0.0575. The van der Waals surface area contributed by atoms with E-state index in [-0.39, 0.29) is 29.1 Å². The van der Waals surface area contributed by atoms with E-state index in [4.69, 9.17) is 4.74 Å². The number of nitrogens with one attached hydrogen (secondary N) is 4. The van der Waals surface area contributed by atoms with Crippen LogP contribution in [0.1, 0.15) is 86.3 Å². The van der Waals surface area contributed by atoms with Crippen molar-refractivity contribution in [1.29, 1.82) is 0 Å². The Morgan fingerprint density at radius 3 is 2.12 bits per heavy atom. The average molecular weight is 727 g/mol. The van der Waals surface area contributed by atoms with Crippen molar-refractivity contribution in [2.24, 2.45) is 28.6 Å². The van der Waals surface area contributed by atoms with Crippen molar-refractivity contribution < 1.29 is 38.6 Å². The maximum absolute atomic E-state index is 14.2. The number of hydrogen-bond acceptors (Lipinski definition) is 8. The van der Waals surface area contributed by atoms with Crippen molar-refractivity contribution in [2.75, 3.05) is 27.2 Å². The van der Waals surface area contributed by atoms with Crippen molar-refractivity contribution in [3.8, 4) is 0 Å². The van der Waals surface area contributed by atoms with E-state index in [9.17, 15) is 33.9 Å². The third-order valence-corrected chi connectivity index (χ3v) is 10.3. The van der Waals surface area contributed by atoms with Crippen molar-refractivity contribution in [3.05, 3.63) is 35.9 Å². The highest BCUT2D eigenvalue weighted by atomic mass is 16.6. The van der Waals surface area contributed by atoms with Crippen LogP contribution in [0.4, 0.5) is 4.79 Å². The zero-order valence-electron chi connectivity index (χ0n) is 32.2. The lowest BCUT2D eigenvalue weighted by Gasteiger charge is -2.38. The van der Waals surface area contributed by atoms with Crippen LogP contribution in [-0.2, 0) is 28.7 Å². The number of amides is 6. The summed E-state index contributed by atoms with van der Waals surface area (Å²) in [6, 6.07) is 4.89. The van der Waals surface area contributed by atoms with Crippen LogP contribution in [0, 0.1) is 28.6 Å². The van der Waals surface area contributed by atoms with Crippen LogP contribution in [-0.4, -0.2) is 108 Å². The van der Waals surface area contributed by atoms with Gasteiger partial charge in [-0.1, -0.05) is 77.8 Å². The van der Waals surface area contributed by atoms with Gasteiger partial charge in [0.1, 0.15) is 23.7 Å². The fourth-order valence-corrected chi connectivity index (χ4v) is 7.16. The molecule has 0 aromatic heterocycles. The van der Waals surface area contributed by atoms with Crippen molar-refractivity contribution >= 4 is 35.6 Å². The summed E-state index contributed by atoms with van der Waals surface area (Å²) in [6.07, 6.45) is -0.310. The molecule has 52 heavy (non-hydrogen) atoms. The number of benzene rings is 1. The molecule has 14 nitrogen and oxygen atoms in total. The number of alkyl carbamates (subject to hydrolysis) is 1. The lowest BCUT2D eigenvalue weighted by atomic mass is 9.85. The summed E-state index contributed by atoms with van der Waals surface area (Å²) in [5, 5.41) is 22.0. The van der Waals surface area contributed by atoms with Gasteiger partial charge in [0.15, 0.2) is 6.10 Å². The number of likely N-dealkylation sites (N-methyl/N-ethyl adjacent to an activating group) is 1. The second kappa shape index (κ2) is 15.4. The SMILES string of the molecule is CN(C)C(=O)[C@@H](NC(=O)CNC(=O)C(O)C(CC1CC1)NC(=O)[C@@H]1C2[C@H](CN1C(=O)C(NC(=O)OC(C)(C)C)C(C)(C)C)C2(C)C)c1ccccc1. The molecule has 6 amide bonds. The van der Waals surface area contributed by atoms with Crippen LogP contribution in [0.15, 0.2) is 30.3 Å². The van der Waals surface area contributed by atoms with E-state index in [1.54, 1.807) is 65.2 Å². The number of aliphatic hydroxyl groups is 1. The minimum Gasteiger partial charge on any atom is -0.444 e. The first-order valence-electron chi connectivity index (χ1n) is 18.1. The van der Waals surface area contributed by atoms with E-state index in [2.05, 4.69) is 21.3 Å². The van der Waals surface area contributed by atoms with Gasteiger partial charge in [0.2, 0.25) is 23.6 Å². The molecular formula is C38H58N6O8. The maximum Gasteiger partial charge on any atom is 0.408 e. The highest BCUT2D eigenvalue weighted by Crippen LogP contribution is 2.65. The molecule has 7 atom stereocenters. The summed E-state index contributed by atoms with van der Waals surface area (Å²) in [7, 11) is 3.15. The quantitative estimate of drug-likeness (QED) is 0.205. The van der Waals surface area contributed by atoms with Crippen LogP contribution in [0.25, 0.3) is 0 Å². The highest BCUT2D eigenvalue weighted by molar-refractivity contribution is 5.94. The van der Waals surface area contributed by atoms with E-state index in [0.29, 0.717) is 18.5 Å². The zero-order valence-corrected chi connectivity index (χ0v) is 32.2.